The Bertz CT molecular complexity index is 849. The van der Waals surface area contributed by atoms with E-state index in [1.165, 1.54) is 4.90 Å². The Labute approximate surface area is 171 Å². The summed E-state index contributed by atoms with van der Waals surface area (Å²) in [6.07, 6.45) is 4.82. The minimum Gasteiger partial charge on any atom is -0.344 e. The van der Waals surface area contributed by atoms with Gasteiger partial charge >= 0.3 is 0 Å². The van der Waals surface area contributed by atoms with E-state index in [1.54, 1.807) is 0 Å². The molecule has 2 aliphatic rings. The molecule has 29 heavy (non-hydrogen) atoms. The second kappa shape index (κ2) is 8.19. The van der Waals surface area contributed by atoms with E-state index in [-0.39, 0.29) is 36.7 Å². The van der Waals surface area contributed by atoms with E-state index >= 15 is 0 Å². The van der Waals surface area contributed by atoms with Gasteiger partial charge in [-0.2, -0.15) is 0 Å². The molecule has 2 aromatic carbocycles. The van der Waals surface area contributed by atoms with Gasteiger partial charge in [0, 0.05) is 6.42 Å². The highest BCUT2D eigenvalue weighted by Gasteiger charge is 2.51. The summed E-state index contributed by atoms with van der Waals surface area (Å²) in [4.78, 5) is 39.6. The fourth-order valence-corrected chi connectivity index (χ4v) is 4.64. The first kappa shape index (κ1) is 19.4. The Morgan fingerprint density at radius 3 is 2.00 bits per heavy atom. The summed E-state index contributed by atoms with van der Waals surface area (Å²) in [5.41, 5.74) is 1.35. The molecule has 0 aromatic heterocycles. The van der Waals surface area contributed by atoms with Crippen LogP contribution in [0.25, 0.3) is 0 Å². The van der Waals surface area contributed by atoms with Crippen LogP contribution in [-0.4, -0.2) is 29.2 Å². The van der Waals surface area contributed by atoms with Crippen molar-refractivity contribution in [2.45, 2.75) is 44.6 Å². The number of nitrogens with zero attached hydrogens (tertiary/aromatic N) is 1. The molecular formula is C24H26N2O3. The minimum atomic E-state index is -0.562. The van der Waals surface area contributed by atoms with Crippen LogP contribution in [0.2, 0.25) is 0 Å². The summed E-state index contributed by atoms with van der Waals surface area (Å²) in [5, 5.41) is 3.02. The van der Waals surface area contributed by atoms with Crippen LogP contribution in [0.1, 0.15) is 55.7 Å². The Kier molecular flexibility index (Phi) is 5.47. The standard InChI is InChI=1S/C24H26N2O3/c27-20(17-26-21(28)16-24(23(26)29)14-8-3-9-15-24)25-22(18-10-4-1-5-11-18)19-12-6-2-7-13-19/h1-2,4-7,10-13,22H,3,8-9,14-17H2,(H,25,27). The third kappa shape index (κ3) is 3.95. The first-order valence-electron chi connectivity index (χ1n) is 10.3. The third-order valence-electron chi connectivity index (χ3n) is 6.17. The van der Waals surface area contributed by atoms with Gasteiger partial charge in [0.2, 0.25) is 17.7 Å². The highest BCUT2D eigenvalue weighted by Crippen LogP contribution is 2.45. The van der Waals surface area contributed by atoms with Gasteiger partial charge in [-0.05, 0) is 24.0 Å². The molecule has 1 aliphatic carbocycles. The van der Waals surface area contributed by atoms with Crippen LogP contribution in [0.15, 0.2) is 60.7 Å². The maximum Gasteiger partial charge on any atom is 0.240 e. The van der Waals surface area contributed by atoms with Crippen LogP contribution in [0.4, 0.5) is 0 Å². The summed E-state index contributed by atoms with van der Waals surface area (Å²) in [7, 11) is 0. The van der Waals surface area contributed by atoms with Gasteiger partial charge in [0.05, 0.1) is 11.5 Å². The molecule has 4 rings (SSSR count). The number of nitrogens with one attached hydrogen (secondary N) is 1. The van der Waals surface area contributed by atoms with E-state index in [0.717, 1.165) is 43.2 Å². The molecule has 1 spiro atoms. The number of hydrogen-bond acceptors (Lipinski definition) is 3. The molecule has 1 N–H and O–H groups in total. The van der Waals surface area contributed by atoms with Crippen molar-refractivity contribution in [1.82, 2.24) is 10.2 Å². The van der Waals surface area contributed by atoms with Gasteiger partial charge in [-0.15, -0.1) is 0 Å². The molecule has 1 heterocycles. The first-order chi connectivity index (χ1) is 14.1. The lowest BCUT2D eigenvalue weighted by Gasteiger charge is -2.30. The highest BCUT2D eigenvalue weighted by molar-refractivity contribution is 6.08. The van der Waals surface area contributed by atoms with Gasteiger partial charge < -0.3 is 5.32 Å². The van der Waals surface area contributed by atoms with Crippen molar-refractivity contribution in [3.8, 4) is 0 Å². The van der Waals surface area contributed by atoms with Crippen molar-refractivity contribution in [1.29, 1.82) is 0 Å². The lowest BCUT2D eigenvalue weighted by Crippen LogP contribution is -2.44. The van der Waals surface area contributed by atoms with Gasteiger partial charge in [0.15, 0.2) is 0 Å². The summed E-state index contributed by atoms with van der Waals surface area (Å²) >= 11 is 0. The molecule has 0 radical (unpaired) electrons. The molecule has 2 fully saturated rings. The predicted molar refractivity (Wildman–Crippen MR) is 110 cm³/mol. The zero-order valence-electron chi connectivity index (χ0n) is 16.5. The largest absolute Gasteiger partial charge is 0.344 e. The topological polar surface area (TPSA) is 66.5 Å². The molecule has 5 heteroatoms. The van der Waals surface area contributed by atoms with E-state index < -0.39 is 5.41 Å². The number of imide groups is 1. The van der Waals surface area contributed by atoms with E-state index in [4.69, 9.17) is 0 Å². The number of carbonyl (C=O) groups is 3. The Balaban J connectivity index is 1.50. The van der Waals surface area contributed by atoms with Crippen LogP contribution in [0.5, 0.6) is 0 Å². The first-order valence-corrected chi connectivity index (χ1v) is 10.3. The highest BCUT2D eigenvalue weighted by atomic mass is 16.2. The fourth-order valence-electron chi connectivity index (χ4n) is 4.64. The molecule has 0 atom stereocenters. The number of hydrogen-bond donors (Lipinski definition) is 1. The Morgan fingerprint density at radius 2 is 1.45 bits per heavy atom. The second-order valence-electron chi connectivity index (χ2n) is 8.12. The van der Waals surface area contributed by atoms with Crippen molar-refractivity contribution in [3.05, 3.63) is 71.8 Å². The summed E-state index contributed by atoms with van der Waals surface area (Å²) in [6.45, 7) is -0.213. The lowest BCUT2D eigenvalue weighted by molar-refractivity contribution is -0.145. The van der Waals surface area contributed by atoms with Gasteiger partial charge in [-0.3, -0.25) is 19.3 Å². The normalized spacial score (nSPS) is 18.4. The Hall–Kier alpha value is -2.95. The fraction of sp³-hybridized carbons (Fsp3) is 0.375. The van der Waals surface area contributed by atoms with E-state index in [0.29, 0.717) is 0 Å². The van der Waals surface area contributed by atoms with Crippen LogP contribution in [0.3, 0.4) is 0 Å². The van der Waals surface area contributed by atoms with E-state index in [9.17, 15) is 14.4 Å². The van der Waals surface area contributed by atoms with E-state index in [1.807, 2.05) is 60.7 Å². The average molecular weight is 390 g/mol. The number of rotatable bonds is 5. The lowest BCUT2D eigenvalue weighted by atomic mass is 9.73. The van der Waals surface area contributed by atoms with Crippen molar-refractivity contribution >= 4 is 17.7 Å². The van der Waals surface area contributed by atoms with Crippen molar-refractivity contribution in [2.75, 3.05) is 6.54 Å². The predicted octanol–water partition coefficient (Wildman–Crippen LogP) is 3.60. The van der Waals surface area contributed by atoms with Crippen LogP contribution < -0.4 is 5.32 Å². The molecule has 150 valence electrons. The van der Waals surface area contributed by atoms with Crippen molar-refractivity contribution in [3.63, 3.8) is 0 Å². The monoisotopic (exact) mass is 390 g/mol. The number of benzene rings is 2. The van der Waals surface area contributed by atoms with Crippen molar-refractivity contribution in [2.24, 2.45) is 5.41 Å². The third-order valence-corrected chi connectivity index (χ3v) is 6.17. The number of likely N-dealkylation sites (tertiary alicyclic amines) is 1. The summed E-state index contributed by atoms with van der Waals surface area (Å²) < 4.78 is 0. The molecular weight excluding hydrogens is 364 g/mol. The molecule has 0 bridgehead atoms. The summed E-state index contributed by atoms with van der Waals surface area (Å²) in [5.74, 6) is -0.700. The number of carbonyl (C=O) groups excluding carboxylic acids is 3. The maximum absolute atomic E-state index is 13.0. The molecule has 5 nitrogen and oxygen atoms in total. The molecule has 0 unspecified atom stereocenters. The zero-order chi connectivity index (χ0) is 20.3. The number of amides is 3. The van der Waals surface area contributed by atoms with Gasteiger partial charge in [-0.25, -0.2) is 0 Å². The second-order valence-corrected chi connectivity index (χ2v) is 8.12. The summed E-state index contributed by atoms with van der Waals surface area (Å²) in [6, 6.07) is 19.1. The van der Waals surface area contributed by atoms with E-state index in [2.05, 4.69) is 5.32 Å². The van der Waals surface area contributed by atoms with Crippen LogP contribution in [0, 0.1) is 5.41 Å². The average Bonchev–Trinajstić information content (AvgIpc) is 2.97. The smallest absolute Gasteiger partial charge is 0.240 e. The minimum absolute atomic E-state index is 0.159. The maximum atomic E-state index is 13.0. The zero-order valence-corrected chi connectivity index (χ0v) is 16.5. The SMILES string of the molecule is O=C(CN1C(=O)CC2(CCCCC2)C1=O)NC(c1ccccc1)c1ccccc1. The molecule has 1 saturated heterocycles. The van der Waals surface area contributed by atoms with Gasteiger partial charge in [-0.1, -0.05) is 79.9 Å². The van der Waals surface area contributed by atoms with Crippen LogP contribution >= 0.6 is 0 Å². The molecule has 2 aromatic rings. The molecule has 1 aliphatic heterocycles. The van der Waals surface area contributed by atoms with Crippen molar-refractivity contribution < 1.29 is 14.4 Å². The molecule has 1 saturated carbocycles. The molecule has 3 amide bonds. The van der Waals surface area contributed by atoms with Gasteiger partial charge in [0.1, 0.15) is 6.54 Å². The van der Waals surface area contributed by atoms with Crippen LogP contribution in [-0.2, 0) is 14.4 Å². The Morgan fingerprint density at radius 1 is 0.897 bits per heavy atom. The van der Waals surface area contributed by atoms with Gasteiger partial charge in [0.25, 0.3) is 0 Å². The quantitative estimate of drug-likeness (QED) is 0.794.